The number of carbonyl (C=O) groups excluding carboxylic acids is 1. The molecule has 1 unspecified atom stereocenters. The van der Waals surface area contributed by atoms with Crippen LogP contribution in [-0.2, 0) is 14.3 Å². The Balaban J connectivity index is 3.32. The zero-order chi connectivity index (χ0) is 15.9. The van der Waals surface area contributed by atoms with Gasteiger partial charge in [-0.05, 0) is 38.5 Å². The smallest absolute Gasteiger partial charge is 0.332 e. The lowest BCUT2D eigenvalue weighted by atomic mass is 9.63. The second-order valence-corrected chi connectivity index (χ2v) is 5.71. The number of carboxylic acids is 1. The Bertz CT molecular complexity index is 394. The molecule has 0 aliphatic heterocycles. The first-order chi connectivity index (χ1) is 10.0. The van der Waals surface area contributed by atoms with Gasteiger partial charge in [-0.3, -0.25) is 4.79 Å². The molecule has 0 spiro atoms. The summed E-state index contributed by atoms with van der Waals surface area (Å²) < 4.78 is 5.29. The third-order valence-electron chi connectivity index (χ3n) is 4.62. The molecule has 21 heavy (non-hydrogen) atoms. The Morgan fingerprint density at radius 3 is 2.24 bits per heavy atom. The van der Waals surface area contributed by atoms with Gasteiger partial charge in [0.2, 0.25) is 0 Å². The first-order valence-electron chi connectivity index (χ1n) is 8.15. The number of esters is 1. The molecule has 0 aromatic carbocycles. The minimum atomic E-state index is -0.989. The number of ether oxygens (including phenoxy) is 1. The summed E-state index contributed by atoms with van der Waals surface area (Å²) in [7, 11) is 0. The summed E-state index contributed by atoms with van der Waals surface area (Å²) in [6.45, 7) is 5.85. The molecule has 0 amide bonds. The molecule has 1 N–H and O–H groups in total. The summed E-state index contributed by atoms with van der Waals surface area (Å²) in [5.74, 6) is -1.27. The van der Waals surface area contributed by atoms with Gasteiger partial charge in [0.15, 0.2) is 0 Å². The molecule has 1 fully saturated rings. The minimum Gasteiger partial charge on any atom is -0.478 e. The second-order valence-electron chi connectivity index (χ2n) is 5.71. The number of carbonyl (C=O) groups is 2. The van der Waals surface area contributed by atoms with E-state index in [9.17, 15) is 14.7 Å². The molecule has 0 bridgehead atoms. The molecule has 1 atom stereocenters. The van der Waals surface area contributed by atoms with Gasteiger partial charge in [-0.15, -0.1) is 0 Å². The summed E-state index contributed by atoms with van der Waals surface area (Å²) >= 11 is 0. The Kier molecular flexibility index (Phi) is 6.93. The van der Waals surface area contributed by atoms with Crippen molar-refractivity contribution in [1.82, 2.24) is 0 Å². The maximum Gasteiger partial charge on any atom is 0.332 e. The molecule has 4 heteroatoms. The van der Waals surface area contributed by atoms with E-state index in [1.54, 1.807) is 13.0 Å². The minimum absolute atomic E-state index is 0.0733. The molecule has 0 saturated heterocycles. The van der Waals surface area contributed by atoms with Crippen LogP contribution in [0.5, 0.6) is 0 Å². The number of hydrogen-bond acceptors (Lipinski definition) is 3. The predicted molar refractivity (Wildman–Crippen MR) is 81.9 cm³/mol. The van der Waals surface area contributed by atoms with Crippen molar-refractivity contribution in [1.29, 1.82) is 0 Å². The van der Waals surface area contributed by atoms with Crippen molar-refractivity contribution in [2.24, 2.45) is 11.3 Å². The van der Waals surface area contributed by atoms with Crippen LogP contribution in [0.4, 0.5) is 0 Å². The standard InChI is InChI=1S/C17H28O4/c1-4-10-14(15(18)19)17(5-2,16(20)21-6-3)13-11-8-7-9-12-13/h10,13H,4-9,11-12H2,1-3H3,(H,18,19). The lowest BCUT2D eigenvalue weighted by Crippen LogP contribution is -2.44. The highest BCUT2D eigenvalue weighted by molar-refractivity contribution is 5.97. The highest BCUT2D eigenvalue weighted by Crippen LogP contribution is 2.47. The van der Waals surface area contributed by atoms with Crippen molar-refractivity contribution in [3.63, 3.8) is 0 Å². The van der Waals surface area contributed by atoms with Crippen molar-refractivity contribution in [2.45, 2.75) is 65.7 Å². The van der Waals surface area contributed by atoms with Crippen LogP contribution in [-0.4, -0.2) is 23.7 Å². The zero-order valence-corrected chi connectivity index (χ0v) is 13.5. The quantitative estimate of drug-likeness (QED) is 0.571. The first-order valence-corrected chi connectivity index (χ1v) is 8.15. The maximum atomic E-state index is 12.7. The summed E-state index contributed by atoms with van der Waals surface area (Å²) in [6.07, 6.45) is 7.87. The normalized spacial score (nSPS) is 19.9. The number of hydrogen-bond donors (Lipinski definition) is 1. The van der Waals surface area contributed by atoms with Crippen molar-refractivity contribution in [2.75, 3.05) is 6.61 Å². The molecule has 0 radical (unpaired) electrons. The summed E-state index contributed by atoms with van der Waals surface area (Å²) in [4.78, 5) is 24.5. The summed E-state index contributed by atoms with van der Waals surface area (Å²) in [6, 6.07) is 0. The van der Waals surface area contributed by atoms with E-state index in [4.69, 9.17) is 4.74 Å². The third-order valence-corrected chi connectivity index (χ3v) is 4.62. The fourth-order valence-electron chi connectivity index (χ4n) is 3.64. The fourth-order valence-corrected chi connectivity index (χ4v) is 3.64. The van der Waals surface area contributed by atoms with Gasteiger partial charge in [0.1, 0.15) is 5.41 Å². The zero-order valence-electron chi connectivity index (χ0n) is 13.5. The van der Waals surface area contributed by atoms with E-state index in [-0.39, 0.29) is 24.1 Å². The van der Waals surface area contributed by atoms with Gasteiger partial charge >= 0.3 is 11.9 Å². The monoisotopic (exact) mass is 296 g/mol. The fraction of sp³-hybridized carbons (Fsp3) is 0.765. The molecule has 1 rings (SSSR count). The average Bonchev–Trinajstić information content (AvgIpc) is 2.48. The number of aliphatic carboxylic acids is 1. The molecular weight excluding hydrogens is 268 g/mol. The van der Waals surface area contributed by atoms with Gasteiger partial charge in [0.25, 0.3) is 0 Å². The number of rotatable bonds is 7. The summed E-state index contributed by atoms with van der Waals surface area (Å²) in [5, 5.41) is 9.64. The Morgan fingerprint density at radius 1 is 1.19 bits per heavy atom. The van der Waals surface area contributed by atoms with E-state index in [0.29, 0.717) is 12.8 Å². The Hall–Kier alpha value is -1.32. The molecule has 4 nitrogen and oxygen atoms in total. The van der Waals surface area contributed by atoms with Gasteiger partial charge in [0.05, 0.1) is 12.2 Å². The highest BCUT2D eigenvalue weighted by Gasteiger charge is 2.50. The lowest BCUT2D eigenvalue weighted by Gasteiger charge is -2.40. The van der Waals surface area contributed by atoms with Gasteiger partial charge in [-0.25, -0.2) is 4.79 Å². The molecular formula is C17H28O4. The SMILES string of the molecule is CCC=C(C(=O)O)C(CC)(C(=O)OCC)C1CCCCC1. The maximum absolute atomic E-state index is 12.7. The molecule has 1 aliphatic carbocycles. The van der Waals surface area contributed by atoms with Crippen LogP contribution in [0.25, 0.3) is 0 Å². The van der Waals surface area contributed by atoms with Crippen molar-refractivity contribution in [3.05, 3.63) is 11.6 Å². The largest absolute Gasteiger partial charge is 0.478 e. The molecule has 0 aromatic rings. The van der Waals surface area contributed by atoms with E-state index in [0.717, 1.165) is 25.7 Å². The molecule has 1 saturated carbocycles. The van der Waals surface area contributed by atoms with Crippen molar-refractivity contribution < 1.29 is 19.4 Å². The predicted octanol–water partition coefficient (Wildman–Crippen LogP) is 3.95. The van der Waals surface area contributed by atoms with Crippen LogP contribution in [0.3, 0.4) is 0 Å². The van der Waals surface area contributed by atoms with E-state index >= 15 is 0 Å². The average molecular weight is 296 g/mol. The molecule has 120 valence electrons. The van der Waals surface area contributed by atoms with E-state index < -0.39 is 11.4 Å². The highest BCUT2D eigenvalue weighted by atomic mass is 16.5. The van der Waals surface area contributed by atoms with Crippen LogP contribution in [0, 0.1) is 11.3 Å². The van der Waals surface area contributed by atoms with Gasteiger partial charge in [-0.1, -0.05) is 39.2 Å². The molecule has 0 heterocycles. The second kappa shape index (κ2) is 8.20. The topological polar surface area (TPSA) is 63.6 Å². The third kappa shape index (κ3) is 3.66. The van der Waals surface area contributed by atoms with Crippen LogP contribution >= 0.6 is 0 Å². The molecule has 0 aromatic heterocycles. The van der Waals surface area contributed by atoms with E-state index in [1.165, 1.54) is 6.42 Å². The van der Waals surface area contributed by atoms with Crippen molar-refractivity contribution >= 4 is 11.9 Å². The van der Waals surface area contributed by atoms with Crippen molar-refractivity contribution in [3.8, 4) is 0 Å². The van der Waals surface area contributed by atoms with E-state index in [2.05, 4.69) is 0 Å². The summed E-state index contributed by atoms with van der Waals surface area (Å²) in [5.41, 5.74) is -0.754. The number of allylic oxidation sites excluding steroid dienone is 1. The van der Waals surface area contributed by atoms with Crippen LogP contribution in [0.15, 0.2) is 11.6 Å². The van der Waals surface area contributed by atoms with Gasteiger partial charge in [0, 0.05) is 0 Å². The van der Waals surface area contributed by atoms with Crippen LogP contribution < -0.4 is 0 Å². The Morgan fingerprint density at radius 2 is 1.81 bits per heavy atom. The van der Waals surface area contributed by atoms with Gasteiger partial charge in [-0.2, -0.15) is 0 Å². The van der Waals surface area contributed by atoms with E-state index in [1.807, 2.05) is 13.8 Å². The first kappa shape index (κ1) is 17.7. The molecule has 1 aliphatic rings. The van der Waals surface area contributed by atoms with Gasteiger partial charge < -0.3 is 9.84 Å². The van der Waals surface area contributed by atoms with Crippen LogP contribution in [0.2, 0.25) is 0 Å². The lowest BCUT2D eigenvalue weighted by molar-refractivity contribution is -0.160. The number of carboxylic acid groups (broad SMARTS) is 1. The Labute approximate surface area is 127 Å². The van der Waals surface area contributed by atoms with Crippen LogP contribution in [0.1, 0.15) is 65.7 Å².